The zero-order chi connectivity index (χ0) is 13.0. The molecule has 0 saturated heterocycles. The Morgan fingerprint density at radius 1 is 1.28 bits per heavy atom. The van der Waals surface area contributed by atoms with E-state index in [9.17, 15) is 0 Å². The maximum atomic E-state index is 5.28. The maximum Gasteiger partial charge on any atom is 0.150 e. The van der Waals surface area contributed by atoms with E-state index in [-0.39, 0.29) is 0 Å². The van der Waals surface area contributed by atoms with E-state index in [1.165, 1.54) is 0 Å². The fraction of sp³-hybridized carbons (Fsp3) is 0.417. The van der Waals surface area contributed by atoms with Crippen molar-refractivity contribution in [3.05, 3.63) is 35.5 Å². The van der Waals surface area contributed by atoms with Crippen molar-refractivity contribution in [3.8, 4) is 0 Å². The lowest BCUT2D eigenvalue weighted by Gasteiger charge is -2.05. The van der Waals surface area contributed by atoms with Gasteiger partial charge in [0.1, 0.15) is 11.6 Å². The van der Waals surface area contributed by atoms with Crippen LogP contribution >= 0.6 is 0 Å². The Hall–Kier alpha value is -1.95. The largest absolute Gasteiger partial charge is 0.308 e. The molecule has 0 aliphatic rings. The normalized spacial score (nSPS) is 10.6. The van der Waals surface area contributed by atoms with E-state index >= 15 is 0 Å². The number of aromatic nitrogens is 4. The van der Waals surface area contributed by atoms with E-state index in [0.29, 0.717) is 12.4 Å². The fourth-order valence-electron chi connectivity index (χ4n) is 1.74. The number of hydrazine groups is 1. The molecule has 0 aromatic carbocycles. The van der Waals surface area contributed by atoms with Gasteiger partial charge < -0.3 is 5.43 Å². The summed E-state index contributed by atoms with van der Waals surface area (Å²) in [5.74, 6) is 7.83. The molecular weight excluding hydrogens is 228 g/mol. The molecule has 0 amide bonds. The van der Waals surface area contributed by atoms with Gasteiger partial charge in [-0.1, -0.05) is 19.9 Å². The van der Waals surface area contributed by atoms with Crippen LogP contribution in [-0.4, -0.2) is 19.7 Å². The molecule has 6 heteroatoms. The molecule has 18 heavy (non-hydrogen) atoms. The molecular formula is C12H18N6. The second kappa shape index (κ2) is 5.59. The number of nitrogens with one attached hydrogen (secondary N) is 1. The van der Waals surface area contributed by atoms with Crippen molar-refractivity contribution in [1.29, 1.82) is 0 Å². The van der Waals surface area contributed by atoms with Crippen molar-refractivity contribution in [2.24, 2.45) is 5.84 Å². The van der Waals surface area contributed by atoms with E-state index in [1.54, 1.807) is 6.20 Å². The average molecular weight is 246 g/mol. The lowest BCUT2D eigenvalue weighted by molar-refractivity contribution is 0.636. The molecule has 0 aliphatic heterocycles. The molecule has 0 atom stereocenters. The topological polar surface area (TPSA) is 81.7 Å². The molecule has 0 unspecified atom stereocenters. The van der Waals surface area contributed by atoms with Gasteiger partial charge in [0.15, 0.2) is 5.82 Å². The third-order valence-electron chi connectivity index (χ3n) is 2.73. The summed E-state index contributed by atoms with van der Waals surface area (Å²) in [5, 5.41) is 4.47. The van der Waals surface area contributed by atoms with Gasteiger partial charge in [0.2, 0.25) is 0 Å². The highest BCUT2D eigenvalue weighted by Crippen LogP contribution is 2.08. The highest BCUT2D eigenvalue weighted by Gasteiger charge is 2.07. The van der Waals surface area contributed by atoms with Crippen molar-refractivity contribution in [2.75, 3.05) is 5.43 Å². The third-order valence-corrected chi connectivity index (χ3v) is 2.73. The van der Waals surface area contributed by atoms with E-state index in [1.807, 2.05) is 16.8 Å². The van der Waals surface area contributed by atoms with Gasteiger partial charge in [0.25, 0.3) is 0 Å². The molecule has 0 radical (unpaired) electrons. The van der Waals surface area contributed by atoms with Gasteiger partial charge in [-0.15, -0.1) is 0 Å². The first-order valence-electron chi connectivity index (χ1n) is 6.11. The molecule has 2 aromatic rings. The second-order valence-corrected chi connectivity index (χ2v) is 4.01. The summed E-state index contributed by atoms with van der Waals surface area (Å²) < 4.78 is 1.94. The molecule has 96 valence electrons. The lowest BCUT2D eigenvalue weighted by Crippen LogP contribution is -2.10. The van der Waals surface area contributed by atoms with Crippen molar-refractivity contribution in [2.45, 2.75) is 33.2 Å². The summed E-state index contributed by atoms with van der Waals surface area (Å²) >= 11 is 0. The highest BCUT2D eigenvalue weighted by atomic mass is 15.3. The number of aryl methyl sites for hydroxylation is 2. The Kier molecular flexibility index (Phi) is 3.88. The van der Waals surface area contributed by atoms with Gasteiger partial charge >= 0.3 is 0 Å². The summed E-state index contributed by atoms with van der Waals surface area (Å²) in [6.45, 7) is 4.83. The molecule has 0 spiro atoms. The van der Waals surface area contributed by atoms with Crippen LogP contribution in [0, 0.1) is 0 Å². The number of nitrogen functional groups attached to an aromatic ring is 1. The first kappa shape index (κ1) is 12.5. The van der Waals surface area contributed by atoms with Crippen LogP contribution in [0.5, 0.6) is 0 Å². The fourth-order valence-corrected chi connectivity index (χ4v) is 1.74. The van der Waals surface area contributed by atoms with Gasteiger partial charge in [-0.25, -0.2) is 20.5 Å². The smallest absolute Gasteiger partial charge is 0.150 e. The van der Waals surface area contributed by atoms with E-state index < -0.39 is 0 Å². The van der Waals surface area contributed by atoms with Gasteiger partial charge in [-0.05, 0) is 11.6 Å². The van der Waals surface area contributed by atoms with Crippen LogP contribution in [0.2, 0.25) is 0 Å². The Labute approximate surface area is 106 Å². The number of pyridine rings is 1. The van der Waals surface area contributed by atoms with Gasteiger partial charge in [0.05, 0.1) is 6.54 Å². The minimum Gasteiger partial charge on any atom is -0.308 e. The van der Waals surface area contributed by atoms with Crippen LogP contribution in [0.4, 0.5) is 5.82 Å². The number of rotatable bonds is 5. The molecule has 0 saturated carbocycles. The van der Waals surface area contributed by atoms with Crippen LogP contribution in [0.25, 0.3) is 0 Å². The van der Waals surface area contributed by atoms with Gasteiger partial charge in [-0.3, -0.25) is 0 Å². The van der Waals surface area contributed by atoms with Crippen LogP contribution in [0.1, 0.15) is 31.1 Å². The van der Waals surface area contributed by atoms with Crippen molar-refractivity contribution in [1.82, 2.24) is 19.7 Å². The van der Waals surface area contributed by atoms with Crippen LogP contribution in [0.3, 0.4) is 0 Å². The first-order valence-corrected chi connectivity index (χ1v) is 6.11. The highest BCUT2D eigenvalue weighted by molar-refractivity contribution is 5.33. The zero-order valence-electron chi connectivity index (χ0n) is 10.7. The predicted octanol–water partition coefficient (Wildman–Crippen LogP) is 1.13. The van der Waals surface area contributed by atoms with Gasteiger partial charge in [-0.2, -0.15) is 5.10 Å². The summed E-state index contributed by atoms with van der Waals surface area (Å²) in [6, 6.07) is 3.83. The number of nitrogens with two attached hydrogens (primary N) is 1. The first-order chi connectivity index (χ1) is 8.76. The van der Waals surface area contributed by atoms with E-state index in [4.69, 9.17) is 5.84 Å². The van der Waals surface area contributed by atoms with Crippen molar-refractivity contribution in [3.63, 3.8) is 0 Å². The zero-order valence-corrected chi connectivity index (χ0v) is 10.7. The van der Waals surface area contributed by atoms with E-state index in [2.05, 4.69) is 34.3 Å². The Morgan fingerprint density at radius 2 is 2.11 bits per heavy atom. The standard InChI is InChI=1S/C12H18N6/c1-3-10-15-12(4-2)18(17-10)8-9-5-6-11(16-13)14-7-9/h5-7H,3-4,8,13H2,1-2H3,(H,14,16). The van der Waals surface area contributed by atoms with Crippen LogP contribution in [-0.2, 0) is 19.4 Å². The number of hydrogen-bond donors (Lipinski definition) is 2. The molecule has 0 bridgehead atoms. The molecule has 2 heterocycles. The molecule has 2 aromatic heterocycles. The predicted molar refractivity (Wildman–Crippen MR) is 69.9 cm³/mol. The summed E-state index contributed by atoms with van der Waals surface area (Å²) in [6.07, 6.45) is 3.53. The number of anilines is 1. The summed E-state index contributed by atoms with van der Waals surface area (Å²) in [4.78, 5) is 8.65. The summed E-state index contributed by atoms with van der Waals surface area (Å²) in [5.41, 5.74) is 3.59. The monoisotopic (exact) mass is 246 g/mol. The molecule has 0 aliphatic carbocycles. The molecule has 3 N–H and O–H groups in total. The molecule has 0 fully saturated rings. The Balaban J connectivity index is 2.18. The number of nitrogens with zero attached hydrogens (tertiary/aromatic N) is 4. The number of hydrogen-bond acceptors (Lipinski definition) is 5. The van der Waals surface area contributed by atoms with Gasteiger partial charge in [0, 0.05) is 19.0 Å². The van der Waals surface area contributed by atoms with Crippen molar-refractivity contribution >= 4 is 5.82 Å². The molecule has 6 nitrogen and oxygen atoms in total. The minimum absolute atomic E-state index is 0.655. The Morgan fingerprint density at radius 3 is 2.67 bits per heavy atom. The average Bonchev–Trinajstić information content (AvgIpc) is 2.82. The third kappa shape index (κ3) is 2.65. The maximum absolute atomic E-state index is 5.28. The summed E-state index contributed by atoms with van der Waals surface area (Å²) in [7, 11) is 0. The minimum atomic E-state index is 0.655. The lowest BCUT2D eigenvalue weighted by atomic mass is 10.3. The van der Waals surface area contributed by atoms with E-state index in [0.717, 1.165) is 30.1 Å². The van der Waals surface area contributed by atoms with Crippen molar-refractivity contribution < 1.29 is 0 Å². The molecule has 2 rings (SSSR count). The Bertz CT molecular complexity index is 502. The second-order valence-electron chi connectivity index (χ2n) is 4.01. The van der Waals surface area contributed by atoms with Crippen LogP contribution < -0.4 is 11.3 Å². The quantitative estimate of drug-likeness (QED) is 0.610. The SMILES string of the molecule is CCc1nc(CC)n(Cc2ccc(NN)nc2)n1. The van der Waals surface area contributed by atoms with Crippen LogP contribution in [0.15, 0.2) is 18.3 Å².